The number of allylic oxidation sites excluding steroid dienone is 2. The number of fused-ring (bicyclic) bond motifs is 2. The Bertz CT molecular complexity index is 536. The lowest BCUT2D eigenvalue weighted by Crippen LogP contribution is -2.41. The highest BCUT2D eigenvalue weighted by atomic mass is 16.5. The topological polar surface area (TPSA) is 87.0 Å². The van der Waals surface area contributed by atoms with Crippen molar-refractivity contribution in [2.45, 2.75) is 83.2 Å². The van der Waals surface area contributed by atoms with Crippen LogP contribution in [0.5, 0.6) is 0 Å². The lowest BCUT2D eigenvalue weighted by Gasteiger charge is -2.31. The number of aliphatic carboxylic acids is 1. The molecule has 2 aliphatic heterocycles. The van der Waals surface area contributed by atoms with E-state index in [1.54, 1.807) is 6.92 Å². The largest absolute Gasteiger partial charge is 0.478 e. The van der Waals surface area contributed by atoms with Gasteiger partial charge in [0, 0.05) is 11.5 Å². The van der Waals surface area contributed by atoms with Crippen LogP contribution in [0.25, 0.3) is 0 Å². The average molecular weight is 352 g/mol. The SMILES string of the molecule is C=C(C(=O)O)[C@@H]1C[C@@H]2O[C@H]1[C@@H](O)[C@@H](C)CCC/C(C)=C\CC[C@@]2(C)O. The van der Waals surface area contributed by atoms with Gasteiger partial charge in [0.25, 0.3) is 0 Å². The minimum atomic E-state index is -1.07. The molecule has 1 saturated heterocycles. The minimum absolute atomic E-state index is 0.00801. The molecule has 0 unspecified atom stereocenters. The third-order valence-corrected chi connectivity index (χ3v) is 5.90. The molecule has 5 heteroatoms. The van der Waals surface area contributed by atoms with Crippen LogP contribution in [0, 0.1) is 11.8 Å². The second-order valence-corrected chi connectivity index (χ2v) is 8.07. The van der Waals surface area contributed by atoms with Gasteiger partial charge in [-0.05, 0) is 58.3 Å². The first-order valence-electron chi connectivity index (χ1n) is 9.27. The Hall–Kier alpha value is -1.17. The molecule has 0 aromatic rings. The van der Waals surface area contributed by atoms with Crippen LogP contribution in [0.2, 0.25) is 0 Å². The average Bonchev–Trinajstić information content (AvgIpc) is 2.98. The molecule has 0 saturated carbocycles. The van der Waals surface area contributed by atoms with E-state index in [1.165, 1.54) is 5.57 Å². The summed E-state index contributed by atoms with van der Waals surface area (Å²) in [6.07, 6.45) is 4.71. The Kier molecular flexibility index (Phi) is 6.46. The molecule has 3 N–H and O–H groups in total. The first kappa shape index (κ1) is 20.1. The summed E-state index contributed by atoms with van der Waals surface area (Å²) in [6, 6.07) is 0. The highest BCUT2D eigenvalue weighted by molar-refractivity contribution is 5.86. The van der Waals surface area contributed by atoms with Crippen molar-refractivity contribution < 1.29 is 24.9 Å². The van der Waals surface area contributed by atoms with Crippen LogP contribution in [-0.2, 0) is 9.53 Å². The summed E-state index contributed by atoms with van der Waals surface area (Å²) in [5, 5.41) is 31.0. The van der Waals surface area contributed by atoms with E-state index < -0.39 is 35.8 Å². The molecule has 0 amide bonds. The van der Waals surface area contributed by atoms with Crippen molar-refractivity contribution in [3.63, 3.8) is 0 Å². The van der Waals surface area contributed by atoms with Crippen molar-refractivity contribution in [3.05, 3.63) is 23.8 Å². The lowest BCUT2D eigenvalue weighted by molar-refractivity contribution is -0.136. The molecule has 6 atom stereocenters. The maximum Gasteiger partial charge on any atom is 0.331 e. The lowest BCUT2D eigenvalue weighted by atomic mass is 9.81. The molecule has 25 heavy (non-hydrogen) atoms. The maximum atomic E-state index is 11.4. The number of rotatable bonds is 2. The zero-order valence-electron chi connectivity index (χ0n) is 15.6. The summed E-state index contributed by atoms with van der Waals surface area (Å²) in [5.41, 5.74) is 0.289. The number of aliphatic hydroxyl groups excluding tert-OH is 1. The molecule has 0 aliphatic carbocycles. The van der Waals surface area contributed by atoms with E-state index in [-0.39, 0.29) is 11.5 Å². The molecule has 2 heterocycles. The van der Waals surface area contributed by atoms with Gasteiger partial charge in [-0.25, -0.2) is 4.79 Å². The van der Waals surface area contributed by atoms with E-state index in [0.29, 0.717) is 12.8 Å². The van der Waals surface area contributed by atoms with Gasteiger partial charge in [-0.1, -0.05) is 25.2 Å². The number of aliphatic hydroxyl groups is 2. The van der Waals surface area contributed by atoms with Gasteiger partial charge in [0.1, 0.15) is 0 Å². The van der Waals surface area contributed by atoms with Crippen molar-refractivity contribution >= 4 is 5.97 Å². The van der Waals surface area contributed by atoms with Crippen LogP contribution in [0.4, 0.5) is 0 Å². The van der Waals surface area contributed by atoms with E-state index in [9.17, 15) is 20.1 Å². The fourth-order valence-electron chi connectivity index (χ4n) is 3.99. The van der Waals surface area contributed by atoms with Crippen LogP contribution in [0.15, 0.2) is 23.8 Å². The summed E-state index contributed by atoms with van der Waals surface area (Å²) >= 11 is 0. The van der Waals surface area contributed by atoms with Gasteiger partial charge < -0.3 is 20.1 Å². The number of hydrogen-bond donors (Lipinski definition) is 3. The molecule has 0 spiro atoms. The van der Waals surface area contributed by atoms with Crippen molar-refractivity contribution in [2.24, 2.45) is 11.8 Å². The van der Waals surface area contributed by atoms with E-state index in [4.69, 9.17) is 4.74 Å². The Morgan fingerprint density at radius 2 is 2.12 bits per heavy atom. The van der Waals surface area contributed by atoms with Crippen LogP contribution >= 0.6 is 0 Å². The zero-order valence-corrected chi connectivity index (χ0v) is 15.6. The number of carbonyl (C=O) groups is 1. The monoisotopic (exact) mass is 352 g/mol. The summed E-state index contributed by atoms with van der Waals surface area (Å²) in [7, 11) is 0. The van der Waals surface area contributed by atoms with E-state index in [2.05, 4.69) is 19.6 Å². The van der Waals surface area contributed by atoms with E-state index in [0.717, 1.165) is 25.7 Å². The molecule has 2 aliphatic rings. The quantitative estimate of drug-likeness (QED) is 0.525. The fraction of sp³-hybridized carbons (Fsp3) is 0.750. The highest BCUT2D eigenvalue weighted by Crippen LogP contribution is 2.41. The van der Waals surface area contributed by atoms with Crippen molar-refractivity contribution in [1.82, 2.24) is 0 Å². The molecular formula is C20H32O5. The molecule has 0 radical (unpaired) electrons. The highest BCUT2D eigenvalue weighted by Gasteiger charge is 2.49. The van der Waals surface area contributed by atoms with Gasteiger partial charge in [0.15, 0.2) is 0 Å². The Balaban J connectivity index is 2.30. The van der Waals surface area contributed by atoms with Crippen LogP contribution < -0.4 is 0 Å². The predicted octanol–water partition coefficient (Wildman–Crippen LogP) is 3.06. The van der Waals surface area contributed by atoms with Gasteiger partial charge in [0.05, 0.1) is 23.9 Å². The van der Waals surface area contributed by atoms with Crippen LogP contribution in [0.3, 0.4) is 0 Å². The van der Waals surface area contributed by atoms with Crippen molar-refractivity contribution in [2.75, 3.05) is 0 Å². The van der Waals surface area contributed by atoms with Crippen LogP contribution in [-0.4, -0.2) is 45.2 Å². The molecule has 2 rings (SSSR count). The Labute approximate surface area is 150 Å². The molecule has 0 aromatic heterocycles. The van der Waals surface area contributed by atoms with Crippen molar-refractivity contribution in [1.29, 1.82) is 0 Å². The second kappa shape index (κ2) is 8.02. The standard InChI is InChI=1S/C20H32O5/c1-12-7-5-9-13(2)17(21)18-15(14(3)19(22)23)11-16(25-18)20(4,24)10-6-8-12/h8,13,15-18,21,24H,3,5-7,9-11H2,1-2,4H3,(H,22,23)/b12-8-/t13-,15-,16-,17-,18+,20+/m0/s1. The van der Waals surface area contributed by atoms with Gasteiger partial charge in [-0.2, -0.15) is 0 Å². The normalized spacial score (nSPS) is 42.4. The van der Waals surface area contributed by atoms with Gasteiger partial charge in [0.2, 0.25) is 0 Å². The first-order chi connectivity index (χ1) is 11.6. The van der Waals surface area contributed by atoms with Gasteiger partial charge in [-0.3, -0.25) is 0 Å². The second-order valence-electron chi connectivity index (χ2n) is 8.07. The number of hydrogen-bond acceptors (Lipinski definition) is 4. The fourth-order valence-corrected chi connectivity index (χ4v) is 3.99. The number of carboxylic acids is 1. The van der Waals surface area contributed by atoms with E-state index in [1.807, 2.05) is 6.92 Å². The summed E-state index contributed by atoms with van der Waals surface area (Å²) in [4.78, 5) is 11.4. The zero-order chi connectivity index (χ0) is 18.8. The van der Waals surface area contributed by atoms with Crippen LogP contribution in [0.1, 0.15) is 59.3 Å². The summed E-state index contributed by atoms with van der Waals surface area (Å²) < 4.78 is 6.04. The third-order valence-electron chi connectivity index (χ3n) is 5.90. The number of carboxylic acid groups (broad SMARTS) is 1. The smallest absolute Gasteiger partial charge is 0.331 e. The maximum absolute atomic E-state index is 11.4. The Morgan fingerprint density at radius 3 is 2.76 bits per heavy atom. The third kappa shape index (κ3) is 4.72. The van der Waals surface area contributed by atoms with E-state index >= 15 is 0 Å². The minimum Gasteiger partial charge on any atom is -0.478 e. The first-order valence-corrected chi connectivity index (χ1v) is 9.27. The predicted molar refractivity (Wildman–Crippen MR) is 96.2 cm³/mol. The molecule has 0 aromatic carbocycles. The van der Waals surface area contributed by atoms with Gasteiger partial charge >= 0.3 is 5.97 Å². The molecule has 142 valence electrons. The molecule has 5 nitrogen and oxygen atoms in total. The molecule has 1 fully saturated rings. The van der Waals surface area contributed by atoms with Gasteiger partial charge in [-0.15, -0.1) is 0 Å². The van der Waals surface area contributed by atoms with Crippen molar-refractivity contribution in [3.8, 4) is 0 Å². The molecule has 2 bridgehead atoms. The number of ether oxygens (including phenoxy) is 1. The molecular weight excluding hydrogens is 320 g/mol. The Morgan fingerprint density at radius 1 is 1.44 bits per heavy atom. The summed E-state index contributed by atoms with van der Waals surface area (Å²) in [5.74, 6) is -1.56. The summed E-state index contributed by atoms with van der Waals surface area (Å²) in [6.45, 7) is 9.50.